The van der Waals surface area contributed by atoms with Crippen molar-refractivity contribution in [3.63, 3.8) is 0 Å². The fourth-order valence-electron chi connectivity index (χ4n) is 3.14. The smallest absolute Gasteiger partial charge is 0.229 e. The molecule has 27 heavy (non-hydrogen) atoms. The zero-order valence-electron chi connectivity index (χ0n) is 15.6. The van der Waals surface area contributed by atoms with E-state index in [2.05, 4.69) is 60.0 Å². The SMILES string of the molecule is CCCNc1ccc(NC)cc1-c1nc2cc(-c3ccccc3)ccc2o1. The zero-order chi connectivity index (χ0) is 18.6. The van der Waals surface area contributed by atoms with Crippen LogP contribution in [0.3, 0.4) is 0 Å². The van der Waals surface area contributed by atoms with E-state index in [4.69, 9.17) is 9.40 Å². The lowest BCUT2D eigenvalue weighted by atomic mass is 10.1. The van der Waals surface area contributed by atoms with Crippen LogP contribution in [-0.4, -0.2) is 18.6 Å². The van der Waals surface area contributed by atoms with Crippen LogP contribution >= 0.6 is 0 Å². The number of oxazole rings is 1. The van der Waals surface area contributed by atoms with Gasteiger partial charge in [-0.3, -0.25) is 0 Å². The van der Waals surface area contributed by atoms with Crippen molar-refractivity contribution in [1.29, 1.82) is 0 Å². The summed E-state index contributed by atoms with van der Waals surface area (Å²) in [6.07, 6.45) is 1.06. The van der Waals surface area contributed by atoms with Gasteiger partial charge < -0.3 is 15.1 Å². The molecule has 2 N–H and O–H groups in total. The summed E-state index contributed by atoms with van der Waals surface area (Å²) in [5, 5.41) is 6.65. The number of hydrogen-bond acceptors (Lipinski definition) is 4. The van der Waals surface area contributed by atoms with Crippen LogP contribution in [0, 0.1) is 0 Å². The van der Waals surface area contributed by atoms with E-state index in [1.807, 2.05) is 31.3 Å². The molecule has 0 atom stereocenters. The van der Waals surface area contributed by atoms with Crippen molar-refractivity contribution in [2.24, 2.45) is 0 Å². The van der Waals surface area contributed by atoms with Crippen LogP contribution in [0.2, 0.25) is 0 Å². The maximum Gasteiger partial charge on any atom is 0.229 e. The third-order valence-electron chi connectivity index (χ3n) is 4.60. The van der Waals surface area contributed by atoms with Gasteiger partial charge in [0.15, 0.2) is 5.58 Å². The van der Waals surface area contributed by atoms with Crippen LogP contribution < -0.4 is 10.6 Å². The van der Waals surface area contributed by atoms with Crippen molar-refractivity contribution in [1.82, 2.24) is 4.98 Å². The lowest BCUT2D eigenvalue weighted by Gasteiger charge is -2.11. The van der Waals surface area contributed by atoms with E-state index in [-0.39, 0.29) is 0 Å². The Morgan fingerprint density at radius 3 is 2.56 bits per heavy atom. The summed E-state index contributed by atoms with van der Waals surface area (Å²) in [6, 6.07) is 22.7. The van der Waals surface area contributed by atoms with Crippen molar-refractivity contribution >= 4 is 22.5 Å². The van der Waals surface area contributed by atoms with Gasteiger partial charge in [0.1, 0.15) is 5.52 Å². The van der Waals surface area contributed by atoms with Crippen LogP contribution in [0.25, 0.3) is 33.7 Å². The molecule has 0 aliphatic rings. The van der Waals surface area contributed by atoms with E-state index in [1.165, 1.54) is 5.56 Å². The molecular formula is C23H23N3O. The van der Waals surface area contributed by atoms with Gasteiger partial charge in [-0.2, -0.15) is 0 Å². The summed E-state index contributed by atoms with van der Waals surface area (Å²) in [5.41, 5.74) is 6.99. The maximum atomic E-state index is 6.09. The quantitative estimate of drug-likeness (QED) is 0.443. The minimum absolute atomic E-state index is 0.630. The largest absolute Gasteiger partial charge is 0.436 e. The monoisotopic (exact) mass is 357 g/mol. The van der Waals surface area contributed by atoms with Gasteiger partial charge >= 0.3 is 0 Å². The Bertz CT molecular complexity index is 1050. The second-order valence-electron chi connectivity index (χ2n) is 6.50. The number of fused-ring (bicyclic) bond motifs is 1. The van der Waals surface area contributed by atoms with Gasteiger partial charge in [-0.15, -0.1) is 0 Å². The van der Waals surface area contributed by atoms with Gasteiger partial charge in [0.2, 0.25) is 5.89 Å². The predicted molar refractivity (Wildman–Crippen MR) is 113 cm³/mol. The average Bonchev–Trinajstić information content (AvgIpc) is 3.16. The molecule has 4 nitrogen and oxygen atoms in total. The van der Waals surface area contributed by atoms with Crippen LogP contribution in [0.1, 0.15) is 13.3 Å². The van der Waals surface area contributed by atoms with E-state index >= 15 is 0 Å². The lowest BCUT2D eigenvalue weighted by molar-refractivity contribution is 0.620. The van der Waals surface area contributed by atoms with Crippen LogP contribution in [0.4, 0.5) is 11.4 Å². The molecule has 0 aliphatic carbocycles. The molecule has 0 unspecified atom stereocenters. The molecule has 3 aromatic carbocycles. The fourth-order valence-corrected chi connectivity index (χ4v) is 3.14. The van der Waals surface area contributed by atoms with Gasteiger partial charge in [-0.1, -0.05) is 43.3 Å². The van der Waals surface area contributed by atoms with E-state index in [9.17, 15) is 0 Å². The number of nitrogens with one attached hydrogen (secondary N) is 2. The molecule has 136 valence electrons. The molecule has 0 radical (unpaired) electrons. The summed E-state index contributed by atoms with van der Waals surface area (Å²) in [6.45, 7) is 3.06. The third-order valence-corrected chi connectivity index (χ3v) is 4.60. The Balaban J connectivity index is 1.78. The molecule has 0 fully saturated rings. The molecule has 0 aliphatic heterocycles. The van der Waals surface area contributed by atoms with E-state index in [0.717, 1.165) is 46.6 Å². The standard InChI is InChI=1S/C23H23N3O/c1-3-13-25-20-11-10-18(24-2)15-19(20)23-26-21-14-17(9-12-22(21)27-23)16-7-5-4-6-8-16/h4-12,14-15,24-25H,3,13H2,1-2H3. The molecule has 1 heterocycles. The van der Waals surface area contributed by atoms with Crippen molar-refractivity contribution in [2.45, 2.75) is 13.3 Å². The van der Waals surface area contributed by atoms with Crippen molar-refractivity contribution in [2.75, 3.05) is 24.2 Å². The minimum Gasteiger partial charge on any atom is -0.436 e. The highest BCUT2D eigenvalue weighted by atomic mass is 16.3. The molecule has 0 bridgehead atoms. The fraction of sp³-hybridized carbons (Fsp3) is 0.174. The molecule has 0 saturated heterocycles. The molecule has 4 heteroatoms. The van der Waals surface area contributed by atoms with E-state index in [0.29, 0.717) is 5.89 Å². The highest BCUT2D eigenvalue weighted by Gasteiger charge is 2.14. The molecule has 0 spiro atoms. The summed E-state index contributed by atoms with van der Waals surface area (Å²) in [7, 11) is 1.91. The summed E-state index contributed by atoms with van der Waals surface area (Å²) >= 11 is 0. The maximum absolute atomic E-state index is 6.09. The Morgan fingerprint density at radius 1 is 0.926 bits per heavy atom. The van der Waals surface area contributed by atoms with Crippen molar-refractivity contribution < 1.29 is 4.42 Å². The number of anilines is 2. The van der Waals surface area contributed by atoms with Crippen molar-refractivity contribution in [3.8, 4) is 22.6 Å². The van der Waals surface area contributed by atoms with Gasteiger partial charge in [0.25, 0.3) is 0 Å². The first-order chi connectivity index (χ1) is 13.3. The highest BCUT2D eigenvalue weighted by molar-refractivity contribution is 5.85. The molecule has 0 saturated carbocycles. The van der Waals surface area contributed by atoms with E-state index < -0.39 is 0 Å². The van der Waals surface area contributed by atoms with E-state index in [1.54, 1.807) is 0 Å². The first-order valence-electron chi connectivity index (χ1n) is 9.30. The Hall–Kier alpha value is -3.27. The molecule has 0 amide bonds. The Morgan fingerprint density at radius 2 is 1.78 bits per heavy atom. The first kappa shape index (κ1) is 17.2. The first-order valence-corrected chi connectivity index (χ1v) is 9.30. The molecular weight excluding hydrogens is 334 g/mol. The van der Waals surface area contributed by atoms with Gasteiger partial charge in [-0.05, 0) is 47.9 Å². The zero-order valence-corrected chi connectivity index (χ0v) is 15.6. The van der Waals surface area contributed by atoms with Crippen LogP contribution in [0.15, 0.2) is 71.1 Å². The van der Waals surface area contributed by atoms with Crippen LogP contribution in [0.5, 0.6) is 0 Å². The molecule has 4 aromatic rings. The topological polar surface area (TPSA) is 50.1 Å². The van der Waals surface area contributed by atoms with Gasteiger partial charge in [-0.25, -0.2) is 4.98 Å². The molecule has 1 aromatic heterocycles. The highest BCUT2D eigenvalue weighted by Crippen LogP contribution is 2.33. The number of hydrogen-bond donors (Lipinski definition) is 2. The molecule has 4 rings (SSSR count). The average molecular weight is 357 g/mol. The van der Waals surface area contributed by atoms with Crippen LogP contribution in [-0.2, 0) is 0 Å². The summed E-state index contributed by atoms with van der Waals surface area (Å²) in [5.74, 6) is 0.630. The number of rotatable bonds is 6. The predicted octanol–water partition coefficient (Wildman–Crippen LogP) is 6.03. The minimum atomic E-state index is 0.630. The number of benzene rings is 3. The Kier molecular flexibility index (Phi) is 4.79. The lowest BCUT2D eigenvalue weighted by Crippen LogP contribution is -2.02. The van der Waals surface area contributed by atoms with Crippen molar-refractivity contribution in [3.05, 3.63) is 66.7 Å². The van der Waals surface area contributed by atoms with Gasteiger partial charge in [0, 0.05) is 25.0 Å². The normalized spacial score (nSPS) is 10.9. The number of nitrogens with zero attached hydrogens (tertiary/aromatic N) is 1. The summed E-state index contributed by atoms with van der Waals surface area (Å²) in [4.78, 5) is 4.78. The summed E-state index contributed by atoms with van der Waals surface area (Å²) < 4.78 is 6.09. The van der Waals surface area contributed by atoms with Gasteiger partial charge in [0.05, 0.1) is 5.56 Å². The third kappa shape index (κ3) is 3.51. The second kappa shape index (κ2) is 7.54. The number of aromatic nitrogens is 1. The Labute approximate surface area is 159 Å². The second-order valence-corrected chi connectivity index (χ2v) is 6.50.